The molecule has 0 aliphatic heterocycles. The number of alkyl halides is 3. The van der Waals surface area contributed by atoms with Crippen molar-refractivity contribution >= 4 is 22.4 Å². The molecule has 1 heterocycles. The van der Waals surface area contributed by atoms with Gasteiger partial charge >= 0.3 is 6.18 Å². The smallest absolute Gasteiger partial charge is 0.384 e. The van der Waals surface area contributed by atoms with Crippen LogP contribution in [0.3, 0.4) is 0 Å². The molecule has 0 fully saturated rings. The van der Waals surface area contributed by atoms with E-state index >= 15 is 0 Å². The monoisotopic (exact) mass is 389 g/mol. The second-order valence-corrected chi connectivity index (χ2v) is 9.48. The summed E-state index contributed by atoms with van der Waals surface area (Å²) < 4.78 is 64.2. The van der Waals surface area contributed by atoms with Crippen molar-refractivity contribution in [2.75, 3.05) is 5.75 Å². The zero-order chi connectivity index (χ0) is 18.9. The van der Waals surface area contributed by atoms with E-state index < -0.39 is 45.5 Å². The molecule has 0 saturated carbocycles. The topological polar surface area (TPSA) is 50.2 Å². The van der Waals surface area contributed by atoms with Gasteiger partial charge in [0, 0.05) is 26.7 Å². The van der Waals surface area contributed by atoms with Crippen molar-refractivity contribution in [3.63, 3.8) is 0 Å². The summed E-state index contributed by atoms with van der Waals surface area (Å²) in [7, 11) is -1.59. The first-order chi connectivity index (χ1) is 10.7. The lowest BCUT2D eigenvalue weighted by molar-refractivity contribution is -0.209. The largest absolute Gasteiger partial charge is 0.414 e. The number of hydrogen-bond donors (Lipinski definition) is 1. The van der Waals surface area contributed by atoms with Gasteiger partial charge in [-0.25, -0.2) is 9.37 Å². The number of rotatable bonds is 5. The molecule has 1 rings (SSSR count). The van der Waals surface area contributed by atoms with Crippen LogP contribution in [0.5, 0.6) is 0 Å². The maximum absolute atomic E-state index is 14.2. The Morgan fingerprint density at radius 1 is 1.25 bits per heavy atom. The van der Waals surface area contributed by atoms with Crippen LogP contribution in [0.15, 0.2) is 12.1 Å². The zero-order valence-electron chi connectivity index (χ0n) is 13.7. The maximum Gasteiger partial charge on any atom is 0.414 e. The van der Waals surface area contributed by atoms with Crippen LogP contribution in [0.25, 0.3) is 0 Å². The highest BCUT2D eigenvalue weighted by molar-refractivity contribution is 7.86. The zero-order valence-corrected chi connectivity index (χ0v) is 15.3. The van der Waals surface area contributed by atoms with Gasteiger partial charge in [0.05, 0.1) is 5.69 Å². The standard InChI is InChI=1S/C15H20ClF4NO2S/c1-13(2,3)24(23)8-14(4,7-10(22)15(18,19)20)12-9(17)5-6-11(16)21-12/h5-6,10,22H,7-8H2,1-4H3/t10-,14-,24+/m1/s1. The van der Waals surface area contributed by atoms with Crippen LogP contribution in [0, 0.1) is 5.82 Å². The molecule has 0 radical (unpaired) electrons. The molecule has 0 aliphatic carbocycles. The molecule has 0 aliphatic rings. The van der Waals surface area contributed by atoms with Crippen molar-refractivity contribution < 1.29 is 26.9 Å². The van der Waals surface area contributed by atoms with Gasteiger partial charge in [-0.2, -0.15) is 13.2 Å². The van der Waals surface area contributed by atoms with Crippen molar-refractivity contribution in [1.29, 1.82) is 0 Å². The SMILES string of the molecule is CC(C)(C)[S@@](=O)C[C@@](C)(C[C@@H](O)C(F)(F)F)c1nc(Cl)ccc1F. The molecule has 0 bridgehead atoms. The number of hydrogen-bond acceptors (Lipinski definition) is 3. The van der Waals surface area contributed by atoms with Crippen molar-refractivity contribution in [3.8, 4) is 0 Å². The molecule has 138 valence electrons. The second kappa shape index (κ2) is 7.25. The van der Waals surface area contributed by atoms with Gasteiger partial charge in [0.15, 0.2) is 6.10 Å². The van der Waals surface area contributed by atoms with Crippen molar-refractivity contribution in [1.82, 2.24) is 4.98 Å². The minimum Gasteiger partial charge on any atom is -0.384 e. The number of pyridine rings is 1. The van der Waals surface area contributed by atoms with Gasteiger partial charge in [-0.05, 0) is 39.3 Å². The van der Waals surface area contributed by atoms with Gasteiger partial charge < -0.3 is 5.11 Å². The molecule has 0 amide bonds. The molecule has 9 heteroatoms. The molecule has 24 heavy (non-hydrogen) atoms. The number of nitrogens with zero attached hydrogens (tertiary/aromatic N) is 1. The Kier molecular flexibility index (Phi) is 6.44. The Morgan fingerprint density at radius 2 is 1.79 bits per heavy atom. The van der Waals surface area contributed by atoms with Gasteiger partial charge in [-0.3, -0.25) is 4.21 Å². The van der Waals surface area contributed by atoms with E-state index in [1.54, 1.807) is 20.8 Å². The summed E-state index contributed by atoms with van der Waals surface area (Å²) in [4.78, 5) is 3.79. The van der Waals surface area contributed by atoms with Crippen LogP contribution in [0.4, 0.5) is 17.6 Å². The van der Waals surface area contributed by atoms with Gasteiger partial charge in [0.25, 0.3) is 0 Å². The average molecular weight is 390 g/mol. The fraction of sp³-hybridized carbons (Fsp3) is 0.667. The third-order valence-electron chi connectivity index (χ3n) is 3.54. The fourth-order valence-corrected chi connectivity index (χ4v) is 3.53. The van der Waals surface area contributed by atoms with E-state index in [2.05, 4.69) is 4.98 Å². The highest BCUT2D eigenvalue weighted by Crippen LogP contribution is 2.37. The van der Waals surface area contributed by atoms with Crippen molar-refractivity contribution in [2.45, 2.75) is 56.6 Å². The van der Waals surface area contributed by atoms with E-state index in [0.717, 1.165) is 6.07 Å². The number of halogens is 5. The summed E-state index contributed by atoms with van der Waals surface area (Å²) in [6.45, 7) is 6.27. The summed E-state index contributed by atoms with van der Waals surface area (Å²) in [5.74, 6) is -1.16. The van der Waals surface area contributed by atoms with E-state index in [1.807, 2.05) is 0 Å². The third kappa shape index (κ3) is 5.39. The lowest BCUT2D eigenvalue weighted by Crippen LogP contribution is -2.43. The van der Waals surface area contributed by atoms with Gasteiger partial charge in [0.2, 0.25) is 0 Å². The molecular weight excluding hydrogens is 370 g/mol. The van der Waals surface area contributed by atoms with Crippen LogP contribution in [-0.2, 0) is 16.2 Å². The highest BCUT2D eigenvalue weighted by atomic mass is 35.5. The predicted octanol–water partition coefficient (Wildman–Crippen LogP) is 3.99. The van der Waals surface area contributed by atoms with Crippen LogP contribution in [-0.4, -0.2) is 37.1 Å². The summed E-state index contributed by atoms with van der Waals surface area (Å²) in [5, 5.41) is 9.35. The molecular formula is C15H20ClF4NO2S. The minimum absolute atomic E-state index is 0.0966. The Labute approximate surface area is 145 Å². The van der Waals surface area contributed by atoms with Crippen LogP contribution in [0.2, 0.25) is 5.15 Å². The highest BCUT2D eigenvalue weighted by Gasteiger charge is 2.46. The first kappa shape index (κ1) is 21.3. The van der Waals surface area contributed by atoms with Crippen molar-refractivity contribution in [2.24, 2.45) is 0 Å². The Hall–Kier alpha value is -0.730. The van der Waals surface area contributed by atoms with Gasteiger partial charge in [-0.1, -0.05) is 18.5 Å². The summed E-state index contributed by atoms with van der Waals surface area (Å²) in [6.07, 6.45) is -8.44. The average Bonchev–Trinajstić information content (AvgIpc) is 2.39. The van der Waals surface area contributed by atoms with Crippen LogP contribution < -0.4 is 0 Å². The summed E-state index contributed by atoms with van der Waals surface area (Å²) >= 11 is 5.74. The number of aliphatic hydroxyl groups is 1. The molecule has 1 aromatic rings. The van der Waals surface area contributed by atoms with E-state index in [4.69, 9.17) is 11.6 Å². The van der Waals surface area contributed by atoms with E-state index in [1.165, 1.54) is 13.0 Å². The summed E-state index contributed by atoms with van der Waals surface area (Å²) in [5.41, 5.74) is -1.95. The van der Waals surface area contributed by atoms with Gasteiger partial charge in [-0.15, -0.1) is 0 Å². The fourth-order valence-electron chi connectivity index (χ4n) is 2.11. The van der Waals surface area contributed by atoms with E-state index in [-0.39, 0.29) is 16.6 Å². The first-order valence-corrected chi connectivity index (χ1v) is 8.82. The molecule has 1 aromatic heterocycles. The molecule has 3 nitrogen and oxygen atoms in total. The molecule has 1 N–H and O–H groups in total. The third-order valence-corrected chi connectivity index (χ3v) is 6.01. The molecule has 0 spiro atoms. The normalized spacial score (nSPS) is 18.1. The second-order valence-electron chi connectivity index (χ2n) is 6.89. The number of aromatic nitrogens is 1. The van der Waals surface area contributed by atoms with E-state index in [9.17, 15) is 26.9 Å². The molecule has 0 unspecified atom stereocenters. The maximum atomic E-state index is 14.2. The molecule has 0 saturated heterocycles. The number of aliphatic hydroxyl groups excluding tert-OH is 1. The van der Waals surface area contributed by atoms with Crippen molar-refractivity contribution in [3.05, 3.63) is 28.8 Å². The predicted molar refractivity (Wildman–Crippen MR) is 86.0 cm³/mol. The summed E-state index contributed by atoms with van der Waals surface area (Å²) in [6, 6.07) is 2.16. The Morgan fingerprint density at radius 3 is 2.25 bits per heavy atom. The first-order valence-electron chi connectivity index (χ1n) is 7.12. The lowest BCUT2D eigenvalue weighted by atomic mass is 9.82. The Bertz CT molecular complexity index is 618. The van der Waals surface area contributed by atoms with Crippen LogP contribution in [0.1, 0.15) is 39.8 Å². The molecule has 0 aromatic carbocycles. The Balaban J connectivity index is 3.35. The minimum atomic E-state index is -4.88. The van der Waals surface area contributed by atoms with Crippen LogP contribution >= 0.6 is 11.6 Å². The van der Waals surface area contributed by atoms with E-state index in [0.29, 0.717) is 0 Å². The van der Waals surface area contributed by atoms with Gasteiger partial charge in [0.1, 0.15) is 11.0 Å². The quantitative estimate of drug-likeness (QED) is 0.612. The molecule has 3 atom stereocenters. The lowest BCUT2D eigenvalue weighted by Gasteiger charge is -2.34.